The van der Waals surface area contributed by atoms with Gasteiger partial charge in [-0.25, -0.2) is 9.78 Å². The summed E-state index contributed by atoms with van der Waals surface area (Å²) in [6, 6.07) is 5.47. The Bertz CT molecular complexity index is 1490. The fraction of sp³-hybridized carbons (Fsp3) is 0.273. The van der Waals surface area contributed by atoms with Crippen molar-refractivity contribution in [2.24, 2.45) is 0 Å². The first kappa shape index (κ1) is 26.4. The normalized spacial score (nSPS) is 12.1. The average Bonchev–Trinajstić information content (AvgIpc) is 3.44. The number of rotatable bonds is 7. The predicted octanol–water partition coefficient (Wildman–Crippen LogP) is 5.21. The van der Waals surface area contributed by atoms with Gasteiger partial charge in [-0.05, 0) is 38.1 Å². The second-order valence-electron chi connectivity index (χ2n) is 8.33. The highest BCUT2D eigenvalue weighted by molar-refractivity contribution is 7.23. The number of aliphatic hydroxyl groups excluding tert-OH is 1. The van der Waals surface area contributed by atoms with Crippen molar-refractivity contribution in [3.8, 4) is 0 Å². The summed E-state index contributed by atoms with van der Waals surface area (Å²) in [4.78, 5) is 28.9. The maximum Gasteiger partial charge on any atom is 0.418 e. The molecule has 0 bridgehead atoms. The number of aliphatic hydroxyl groups is 1. The molecule has 4 rings (SSSR count). The van der Waals surface area contributed by atoms with E-state index in [9.17, 15) is 22.8 Å². The summed E-state index contributed by atoms with van der Waals surface area (Å²) < 4.78 is 45.9. The molecule has 0 fully saturated rings. The fourth-order valence-corrected chi connectivity index (χ4v) is 4.57. The number of nitrogens with zero attached hydrogens (tertiary/aromatic N) is 2. The molecule has 0 unspecified atom stereocenters. The number of anilines is 3. The third kappa shape index (κ3) is 5.70. The van der Waals surface area contributed by atoms with E-state index in [4.69, 9.17) is 21.4 Å². The van der Waals surface area contributed by atoms with Gasteiger partial charge in [0, 0.05) is 11.1 Å². The monoisotopic (exact) mass is 556 g/mol. The first-order valence-electron chi connectivity index (χ1n) is 10.7. The molecular formula is C22H20ClF3N6O4S. The Kier molecular flexibility index (Phi) is 7.17. The Morgan fingerprint density at radius 1 is 1.22 bits per heavy atom. The lowest BCUT2D eigenvalue weighted by Gasteiger charge is -2.26. The molecule has 2 amide bonds. The number of amides is 2. The Morgan fingerprint density at radius 3 is 2.68 bits per heavy atom. The maximum absolute atomic E-state index is 13.6. The van der Waals surface area contributed by atoms with Gasteiger partial charge in [-0.15, -0.1) is 0 Å². The van der Waals surface area contributed by atoms with Crippen LogP contribution in [0.2, 0.25) is 5.02 Å². The first-order valence-corrected chi connectivity index (χ1v) is 11.9. The number of carbonyl (C=O) groups is 2. The number of aromatic nitrogens is 3. The lowest BCUT2D eigenvalue weighted by Crippen LogP contribution is -2.44. The predicted molar refractivity (Wildman–Crippen MR) is 134 cm³/mol. The van der Waals surface area contributed by atoms with Gasteiger partial charge in [0.25, 0.3) is 5.91 Å². The van der Waals surface area contributed by atoms with E-state index in [-0.39, 0.29) is 44.8 Å². The number of hydrogen-bond acceptors (Lipinski definition) is 8. The number of benzene rings is 2. The third-order valence-corrected chi connectivity index (χ3v) is 6.50. The van der Waals surface area contributed by atoms with Crippen LogP contribution in [0.3, 0.4) is 0 Å². The van der Waals surface area contributed by atoms with E-state index in [1.54, 1.807) is 19.9 Å². The van der Waals surface area contributed by atoms with Crippen molar-refractivity contribution >= 4 is 72.6 Å². The molecule has 2 aromatic heterocycles. The standard InChI is InChI=1S/C22H20ClF3N6O4S/c1-21(2,31-10-3-4-13(23)15(7-10)28-20(35)36-6-5-33)18(34)30-19-29-16-12(22(24,25)26)8-14-11(9-27-32-14)17(16)37-19/h3-4,7-9,31,33H,5-6H2,1-2H3,(H,27,32)(H,28,35)(H,29,30,34). The zero-order valence-electron chi connectivity index (χ0n) is 19.3. The molecule has 0 saturated carbocycles. The SMILES string of the molecule is CC(C)(Nc1ccc(Cl)c(NC(=O)OCCO)c1)C(=O)Nc1nc2c(C(F)(F)F)cc3[nH]ncc3c2s1. The molecule has 196 valence electrons. The quantitative estimate of drug-likeness (QED) is 0.210. The van der Waals surface area contributed by atoms with Gasteiger partial charge in [-0.3, -0.25) is 20.5 Å². The molecule has 0 radical (unpaired) electrons. The summed E-state index contributed by atoms with van der Waals surface area (Å²) >= 11 is 7.01. The molecule has 4 aromatic rings. The molecule has 0 aliphatic rings. The number of H-pyrrole nitrogens is 1. The number of hydrogen-bond donors (Lipinski definition) is 5. The minimum Gasteiger partial charge on any atom is -0.447 e. The van der Waals surface area contributed by atoms with Gasteiger partial charge in [0.05, 0.1) is 44.8 Å². The average molecular weight is 557 g/mol. The minimum atomic E-state index is -4.65. The second kappa shape index (κ2) is 10.0. The van der Waals surface area contributed by atoms with Crippen LogP contribution < -0.4 is 16.0 Å². The smallest absolute Gasteiger partial charge is 0.418 e. The van der Waals surface area contributed by atoms with Crippen molar-refractivity contribution in [2.45, 2.75) is 25.6 Å². The number of ether oxygens (including phenoxy) is 1. The fourth-order valence-electron chi connectivity index (χ4n) is 3.41. The Balaban J connectivity index is 1.55. The van der Waals surface area contributed by atoms with Crippen LogP contribution in [0.1, 0.15) is 19.4 Å². The highest BCUT2D eigenvalue weighted by Crippen LogP contribution is 2.41. The zero-order valence-corrected chi connectivity index (χ0v) is 20.9. The number of fused-ring (bicyclic) bond motifs is 3. The molecule has 0 aliphatic carbocycles. The summed E-state index contributed by atoms with van der Waals surface area (Å²) in [6.07, 6.45) is -4.08. The molecule has 15 heteroatoms. The lowest BCUT2D eigenvalue weighted by atomic mass is 10.0. The van der Waals surface area contributed by atoms with E-state index in [0.29, 0.717) is 11.1 Å². The Morgan fingerprint density at radius 2 is 1.97 bits per heavy atom. The Hall–Kier alpha value is -3.62. The minimum absolute atomic E-state index is 0.0147. The third-order valence-electron chi connectivity index (χ3n) is 5.16. The molecule has 0 aliphatic heterocycles. The van der Waals surface area contributed by atoms with Crippen molar-refractivity contribution in [1.82, 2.24) is 15.2 Å². The highest BCUT2D eigenvalue weighted by atomic mass is 35.5. The number of nitrogens with one attached hydrogen (secondary N) is 4. The summed E-state index contributed by atoms with van der Waals surface area (Å²) in [6.45, 7) is 2.58. The van der Waals surface area contributed by atoms with E-state index in [1.807, 2.05) is 0 Å². The van der Waals surface area contributed by atoms with Gasteiger partial charge < -0.3 is 15.2 Å². The molecule has 0 spiro atoms. The van der Waals surface area contributed by atoms with Crippen LogP contribution in [-0.4, -0.2) is 51.0 Å². The van der Waals surface area contributed by atoms with Crippen LogP contribution in [0, 0.1) is 0 Å². The molecule has 0 atom stereocenters. The van der Waals surface area contributed by atoms with Gasteiger partial charge in [0.2, 0.25) is 0 Å². The summed E-state index contributed by atoms with van der Waals surface area (Å²) in [5, 5.41) is 23.7. The Labute approximate surface area is 216 Å². The summed E-state index contributed by atoms with van der Waals surface area (Å²) in [5.41, 5.74) is -1.68. The van der Waals surface area contributed by atoms with Crippen LogP contribution in [0.4, 0.5) is 34.5 Å². The summed E-state index contributed by atoms with van der Waals surface area (Å²) in [7, 11) is 0. The second-order valence-corrected chi connectivity index (χ2v) is 9.74. The lowest BCUT2D eigenvalue weighted by molar-refractivity contribution is -0.136. The zero-order chi connectivity index (χ0) is 27.0. The van der Waals surface area contributed by atoms with E-state index in [0.717, 1.165) is 17.4 Å². The van der Waals surface area contributed by atoms with E-state index in [2.05, 4.69) is 31.1 Å². The maximum atomic E-state index is 13.6. The molecule has 5 N–H and O–H groups in total. The van der Waals surface area contributed by atoms with Gasteiger partial charge in [0.15, 0.2) is 5.13 Å². The molecule has 2 aromatic carbocycles. The van der Waals surface area contributed by atoms with Gasteiger partial charge in [-0.1, -0.05) is 22.9 Å². The van der Waals surface area contributed by atoms with Crippen LogP contribution in [-0.2, 0) is 15.7 Å². The number of thiazole rings is 1. The van der Waals surface area contributed by atoms with E-state index >= 15 is 0 Å². The number of carbonyl (C=O) groups excluding carboxylic acids is 2. The van der Waals surface area contributed by atoms with Crippen LogP contribution in [0.25, 0.3) is 21.1 Å². The van der Waals surface area contributed by atoms with Crippen molar-refractivity contribution in [1.29, 1.82) is 0 Å². The van der Waals surface area contributed by atoms with Gasteiger partial charge in [-0.2, -0.15) is 18.3 Å². The van der Waals surface area contributed by atoms with Crippen molar-refractivity contribution in [3.63, 3.8) is 0 Å². The van der Waals surface area contributed by atoms with Crippen molar-refractivity contribution in [3.05, 3.63) is 41.0 Å². The number of aromatic amines is 1. The highest BCUT2D eigenvalue weighted by Gasteiger charge is 2.36. The van der Waals surface area contributed by atoms with Crippen molar-refractivity contribution in [2.75, 3.05) is 29.2 Å². The van der Waals surface area contributed by atoms with E-state index < -0.39 is 29.3 Å². The molecule has 0 saturated heterocycles. The molecule has 37 heavy (non-hydrogen) atoms. The molecule has 10 nitrogen and oxygen atoms in total. The van der Waals surface area contributed by atoms with Crippen LogP contribution >= 0.6 is 22.9 Å². The van der Waals surface area contributed by atoms with Gasteiger partial charge >= 0.3 is 12.3 Å². The first-order chi connectivity index (χ1) is 17.4. The van der Waals surface area contributed by atoms with E-state index in [1.165, 1.54) is 18.3 Å². The van der Waals surface area contributed by atoms with Crippen LogP contribution in [0.5, 0.6) is 0 Å². The largest absolute Gasteiger partial charge is 0.447 e. The molecule has 2 heterocycles. The summed E-state index contributed by atoms with van der Waals surface area (Å²) in [5.74, 6) is -0.574. The molecular weight excluding hydrogens is 537 g/mol. The topological polar surface area (TPSA) is 141 Å². The van der Waals surface area contributed by atoms with Gasteiger partial charge in [0.1, 0.15) is 12.1 Å². The van der Waals surface area contributed by atoms with Crippen molar-refractivity contribution < 1.29 is 32.6 Å². The number of halogens is 4. The number of alkyl halides is 3. The van der Waals surface area contributed by atoms with Crippen LogP contribution in [0.15, 0.2) is 30.5 Å².